The minimum Gasteiger partial charge on any atom is -0.312 e. The van der Waals surface area contributed by atoms with E-state index in [0.29, 0.717) is 12.2 Å². The summed E-state index contributed by atoms with van der Waals surface area (Å²) in [5.74, 6) is -10.0. The summed E-state index contributed by atoms with van der Waals surface area (Å²) in [6.45, 7) is 29.0. The molecule has 1 amide bonds. The first-order valence-corrected chi connectivity index (χ1v) is 42.9. The van der Waals surface area contributed by atoms with E-state index in [1.807, 2.05) is 0 Å². The van der Waals surface area contributed by atoms with Gasteiger partial charge in [-0.3, -0.25) is 4.79 Å². The van der Waals surface area contributed by atoms with Crippen molar-refractivity contribution in [1.82, 2.24) is 0 Å². The van der Waals surface area contributed by atoms with Crippen LogP contribution in [0.3, 0.4) is 0 Å². The molecule has 2 nitrogen and oxygen atoms in total. The van der Waals surface area contributed by atoms with E-state index in [2.05, 4.69) is 109 Å². The molecule has 0 spiro atoms. The number of carbonyl (C=O) groups excluding carboxylic acids is 1. The summed E-state index contributed by atoms with van der Waals surface area (Å²) >= 11 is 0. The van der Waals surface area contributed by atoms with Crippen molar-refractivity contribution in [3.63, 3.8) is 0 Å². The summed E-state index contributed by atoms with van der Waals surface area (Å²) < 4.78 is 124. The smallest absolute Gasteiger partial charge is 0.312 e. The molecule has 2 aromatic carbocycles. The number of amides is 1. The topological polar surface area (TPSA) is 20.3 Å². The average Bonchev–Trinajstić information content (AvgIpc) is 3.07. The van der Waals surface area contributed by atoms with Gasteiger partial charge in [0, 0.05) is 64.1 Å². The molecular formula is C39H66F9NOSi8. The van der Waals surface area contributed by atoms with Crippen molar-refractivity contribution in [2.24, 2.45) is 0 Å². The third-order valence-corrected chi connectivity index (χ3v) is 51.0. The summed E-state index contributed by atoms with van der Waals surface area (Å²) in [6, 6.07) is 21.7. The van der Waals surface area contributed by atoms with Crippen LogP contribution in [0.25, 0.3) is 0 Å². The second-order valence-corrected chi connectivity index (χ2v) is 53.1. The Labute approximate surface area is 353 Å². The maximum atomic E-state index is 15.1. The summed E-state index contributed by atoms with van der Waals surface area (Å²) in [7, 11) is -9.24. The molecule has 0 aliphatic heterocycles. The monoisotopic (exact) mass is 959 g/mol. The fraction of sp³-hybridized carbons (Fsp3) is 0.667. The number of halogens is 9. The van der Waals surface area contributed by atoms with Crippen molar-refractivity contribution in [1.29, 1.82) is 0 Å². The minimum atomic E-state index is -7.02. The molecule has 58 heavy (non-hydrogen) atoms. The maximum absolute atomic E-state index is 15.1. The van der Waals surface area contributed by atoms with E-state index in [1.54, 1.807) is 11.3 Å². The van der Waals surface area contributed by atoms with Crippen molar-refractivity contribution < 1.29 is 44.3 Å². The first-order chi connectivity index (χ1) is 26.2. The number of benzene rings is 2. The Morgan fingerprint density at radius 3 is 1.48 bits per heavy atom. The molecule has 328 valence electrons. The standard InChI is InChI=1S/C39H66F9NOSi8/c1-49(35(50)36(40,38(43,44)45)37(41,42)39(46,47)48)32-18-17-21-34(26-32)56(12,13)23-22-55(10,11)31-57(27-51(2)3,28-52(4)5)24-25-58(29-53(6)7,30-54(8)9)33-19-15-14-16-20-33/h14-21,26H,22-25,27-31H2,1-13H3. The van der Waals surface area contributed by atoms with Gasteiger partial charge < -0.3 is 4.90 Å². The molecule has 0 fully saturated rings. The Balaban J connectivity index is 2.51. The summed E-state index contributed by atoms with van der Waals surface area (Å²) in [5, 5.41) is 2.33. The Morgan fingerprint density at radius 1 is 0.586 bits per heavy atom. The lowest BCUT2D eigenvalue weighted by Crippen LogP contribution is -2.69. The normalized spacial score (nSPS) is 15.1. The summed E-state index contributed by atoms with van der Waals surface area (Å²) in [5.41, 5.74) is 0.0504. The highest BCUT2D eigenvalue weighted by Crippen LogP contribution is 2.53. The van der Waals surface area contributed by atoms with E-state index in [9.17, 15) is 39.9 Å². The van der Waals surface area contributed by atoms with Crippen molar-refractivity contribution in [2.75, 3.05) is 11.9 Å². The first-order valence-electron chi connectivity index (χ1n) is 20.0. The van der Waals surface area contributed by atoms with Gasteiger partial charge in [0.1, 0.15) is 0 Å². The molecule has 1 atom stereocenters. The maximum Gasteiger partial charge on any atom is 0.457 e. The molecule has 0 aromatic heterocycles. The molecule has 0 bridgehead atoms. The van der Waals surface area contributed by atoms with Crippen molar-refractivity contribution in [3.05, 3.63) is 54.6 Å². The van der Waals surface area contributed by atoms with E-state index >= 15 is 4.39 Å². The lowest BCUT2D eigenvalue weighted by atomic mass is 9.94. The molecule has 0 aliphatic carbocycles. The summed E-state index contributed by atoms with van der Waals surface area (Å²) in [6.07, 6.45) is -13.8. The molecule has 0 saturated carbocycles. The number of anilines is 1. The molecule has 0 aliphatic rings. The highest BCUT2D eigenvalue weighted by Gasteiger charge is 2.85. The predicted octanol–water partition coefficient (Wildman–Crippen LogP) is 12.3. The molecule has 2 aromatic rings. The van der Waals surface area contributed by atoms with Gasteiger partial charge >= 0.3 is 23.9 Å². The van der Waals surface area contributed by atoms with Gasteiger partial charge in [-0.25, -0.2) is 4.39 Å². The van der Waals surface area contributed by atoms with Crippen LogP contribution in [-0.2, 0) is 4.79 Å². The van der Waals surface area contributed by atoms with Gasteiger partial charge in [0.15, 0.2) is 0 Å². The quantitative estimate of drug-likeness (QED) is 0.0902. The third kappa shape index (κ3) is 13.3. The number of carbonyl (C=O) groups is 1. The fourth-order valence-electron chi connectivity index (χ4n) is 9.20. The number of rotatable bonds is 21. The van der Waals surface area contributed by atoms with E-state index in [4.69, 9.17) is 0 Å². The van der Waals surface area contributed by atoms with Crippen LogP contribution in [0, 0.1) is 0 Å². The lowest BCUT2D eigenvalue weighted by Gasteiger charge is -2.44. The van der Waals surface area contributed by atoms with E-state index < -0.39 is 97.3 Å². The van der Waals surface area contributed by atoms with Gasteiger partial charge in [0.25, 0.3) is 5.91 Å². The van der Waals surface area contributed by atoms with Crippen LogP contribution >= 0.6 is 0 Å². The molecular weight excluding hydrogens is 894 g/mol. The van der Waals surface area contributed by atoms with Gasteiger partial charge in [-0.1, -0.05) is 184 Å². The van der Waals surface area contributed by atoms with Crippen molar-refractivity contribution >= 4 is 89.5 Å². The van der Waals surface area contributed by atoms with E-state index in [1.165, 1.54) is 52.6 Å². The van der Waals surface area contributed by atoms with Crippen LogP contribution in [0.5, 0.6) is 0 Å². The zero-order valence-electron chi connectivity index (χ0n) is 36.8. The Morgan fingerprint density at radius 2 is 1.05 bits per heavy atom. The second kappa shape index (κ2) is 20.0. The predicted molar refractivity (Wildman–Crippen MR) is 246 cm³/mol. The number of nitrogens with zero attached hydrogens (tertiary/aromatic N) is 1. The molecule has 19 heteroatoms. The highest BCUT2D eigenvalue weighted by atomic mass is 28.4. The second-order valence-electron chi connectivity index (χ2n) is 19.5. The number of alkyl halides is 9. The molecule has 0 N–H and O–H groups in total. The van der Waals surface area contributed by atoms with E-state index in [0.717, 1.165) is 18.2 Å². The summed E-state index contributed by atoms with van der Waals surface area (Å²) in [4.78, 5) is 12.7. The molecule has 2 rings (SSSR count). The van der Waals surface area contributed by atoms with Crippen LogP contribution in [0.4, 0.5) is 45.2 Å². The zero-order valence-corrected chi connectivity index (χ0v) is 44.8. The van der Waals surface area contributed by atoms with Crippen LogP contribution < -0.4 is 15.3 Å². The Hall–Kier alpha value is -0.985. The zero-order chi connectivity index (χ0) is 44.9. The molecule has 0 heterocycles. The minimum absolute atomic E-state index is 0.0652. The van der Waals surface area contributed by atoms with Crippen LogP contribution in [0.2, 0.25) is 131 Å². The van der Waals surface area contributed by atoms with Crippen LogP contribution in [0.1, 0.15) is 0 Å². The van der Waals surface area contributed by atoms with E-state index in [-0.39, 0.29) is 10.6 Å². The van der Waals surface area contributed by atoms with Gasteiger partial charge in [0.05, 0.1) is 16.1 Å². The van der Waals surface area contributed by atoms with Crippen LogP contribution in [0.15, 0.2) is 54.6 Å². The first kappa shape index (κ1) is 53.2. The van der Waals surface area contributed by atoms with Gasteiger partial charge in [-0.05, 0) is 12.1 Å². The number of hydrogen-bond acceptors (Lipinski definition) is 1. The molecule has 4 radical (unpaired) electrons. The Bertz CT molecular complexity index is 1600. The fourth-order valence-corrected chi connectivity index (χ4v) is 64.3. The highest BCUT2D eigenvalue weighted by molar-refractivity contribution is 7.07. The van der Waals surface area contributed by atoms with Gasteiger partial charge in [-0.2, -0.15) is 35.1 Å². The van der Waals surface area contributed by atoms with Crippen molar-refractivity contribution in [2.45, 2.75) is 155 Å². The van der Waals surface area contributed by atoms with Gasteiger partial charge in [-0.15, -0.1) is 0 Å². The lowest BCUT2D eigenvalue weighted by molar-refractivity contribution is -0.370. The average molecular weight is 961 g/mol. The van der Waals surface area contributed by atoms with Crippen molar-refractivity contribution in [3.8, 4) is 0 Å². The number of hydrogen-bond donors (Lipinski definition) is 0. The van der Waals surface area contributed by atoms with Crippen LogP contribution in [-0.4, -0.2) is 104 Å². The molecule has 0 saturated heterocycles. The largest absolute Gasteiger partial charge is 0.457 e. The SMILES string of the molecule is CN(C(=O)C(F)(C(F)(F)F)C(F)(F)C(F)(F)F)c1cccc([Si](C)(C)CC[Si](C)(C)C[Si](CC[Si](C[Si](C)C)(C[Si](C)C)c2ccccc2)(C[Si](C)C)C[Si](C)C)c1. The molecule has 1 unspecified atom stereocenters. The Kier molecular flexibility index (Phi) is 18.4. The van der Waals surface area contributed by atoms with Gasteiger partial charge in [0.2, 0.25) is 0 Å². The third-order valence-electron chi connectivity index (χ3n) is 11.4.